The van der Waals surface area contributed by atoms with E-state index in [0.717, 1.165) is 30.4 Å². The lowest BCUT2D eigenvalue weighted by atomic mass is 10.1. The number of anilines is 2. The Labute approximate surface area is 124 Å². The number of hydrogen-bond donors (Lipinski definition) is 2. The highest BCUT2D eigenvalue weighted by molar-refractivity contribution is 5.47. The normalized spacial score (nSPS) is 13.8. The molecule has 1 aliphatic carbocycles. The van der Waals surface area contributed by atoms with Crippen LogP contribution in [0, 0.1) is 0 Å². The van der Waals surface area contributed by atoms with E-state index in [9.17, 15) is 0 Å². The molecule has 0 aliphatic heterocycles. The fourth-order valence-corrected chi connectivity index (χ4v) is 2.13. The number of benzene rings is 1. The van der Waals surface area contributed by atoms with E-state index in [1.165, 1.54) is 18.4 Å². The van der Waals surface area contributed by atoms with Crippen molar-refractivity contribution < 1.29 is 4.74 Å². The van der Waals surface area contributed by atoms with Crippen molar-refractivity contribution in [1.29, 1.82) is 0 Å². The van der Waals surface area contributed by atoms with Gasteiger partial charge in [0.05, 0.1) is 7.11 Å². The molecule has 0 radical (unpaired) electrons. The van der Waals surface area contributed by atoms with Crippen LogP contribution in [0.2, 0.25) is 0 Å². The van der Waals surface area contributed by atoms with Crippen LogP contribution in [0.25, 0.3) is 0 Å². The van der Waals surface area contributed by atoms with Gasteiger partial charge in [0.2, 0.25) is 0 Å². The summed E-state index contributed by atoms with van der Waals surface area (Å²) < 4.78 is 5.23. The van der Waals surface area contributed by atoms with Gasteiger partial charge in [-0.1, -0.05) is 12.1 Å². The van der Waals surface area contributed by atoms with Crippen molar-refractivity contribution in [3.63, 3.8) is 0 Å². The summed E-state index contributed by atoms with van der Waals surface area (Å²) in [5.74, 6) is 2.65. The van der Waals surface area contributed by atoms with Crippen LogP contribution in [0.5, 0.6) is 5.75 Å². The Morgan fingerprint density at radius 1 is 1.19 bits per heavy atom. The molecule has 1 saturated carbocycles. The van der Waals surface area contributed by atoms with Gasteiger partial charge in [0.15, 0.2) is 0 Å². The molecule has 0 amide bonds. The van der Waals surface area contributed by atoms with Gasteiger partial charge in [-0.3, -0.25) is 0 Å². The van der Waals surface area contributed by atoms with E-state index in [4.69, 9.17) is 4.74 Å². The minimum atomic E-state index is 0.601. The van der Waals surface area contributed by atoms with Gasteiger partial charge < -0.3 is 15.4 Å². The third-order valence-corrected chi connectivity index (χ3v) is 3.45. The number of nitrogens with zero attached hydrogens (tertiary/aromatic N) is 2. The van der Waals surface area contributed by atoms with Crippen molar-refractivity contribution in [3.8, 4) is 5.75 Å². The van der Waals surface area contributed by atoms with Crippen LogP contribution >= 0.6 is 0 Å². The molecule has 21 heavy (non-hydrogen) atoms. The van der Waals surface area contributed by atoms with E-state index in [-0.39, 0.29) is 0 Å². The van der Waals surface area contributed by atoms with Crippen molar-refractivity contribution in [1.82, 2.24) is 9.97 Å². The maximum Gasteiger partial charge on any atom is 0.131 e. The minimum absolute atomic E-state index is 0.601. The Hall–Kier alpha value is -2.30. The largest absolute Gasteiger partial charge is 0.497 e. The van der Waals surface area contributed by atoms with Gasteiger partial charge in [0.1, 0.15) is 23.7 Å². The first-order valence-corrected chi connectivity index (χ1v) is 7.29. The lowest BCUT2D eigenvalue weighted by Gasteiger charge is -2.08. The van der Waals surface area contributed by atoms with E-state index in [0.29, 0.717) is 6.04 Å². The molecule has 1 aliphatic rings. The summed E-state index contributed by atoms with van der Waals surface area (Å²) in [6.07, 6.45) is 5.00. The van der Waals surface area contributed by atoms with E-state index in [1.807, 2.05) is 18.2 Å². The summed E-state index contributed by atoms with van der Waals surface area (Å²) in [6, 6.07) is 10.7. The zero-order valence-corrected chi connectivity index (χ0v) is 12.2. The molecule has 0 spiro atoms. The third-order valence-electron chi connectivity index (χ3n) is 3.45. The monoisotopic (exact) mass is 284 g/mol. The smallest absolute Gasteiger partial charge is 0.131 e. The number of nitrogens with one attached hydrogen (secondary N) is 2. The van der Waals surface area contributed by atoms with E-state index < -0.39 is 0 Å². The standard InChI is InChI=1S/C16H20N4O/c1-21-14-4-2-3-12(9-14)7-8-17-15-10-16(19-11-18-15)20-13-5-6-13/h2-4,9-11,13H,5-8H2,1H3,(H2,17,18,19,20). The maximum atomic E-state index is 5.23. The summed E-state index contributed by atoms with van der Waals surface area (Å²) in [6.45, 7) is 0.826. The Kier molecular flexibility index (Phi) is 4.19. The molecule has 2 aromatic rings. The molecule has 0 saturated heterocycles. The summed E-state index contributed by atoms with van der Waals surface area (Å²) in [5, 5.41) is 6.70. The van der Waals surface area contributed by atoms with Crippen LogP contribution in [0.3, 0.4) is 0 Å². The zero-order valence-electron chi connectivity index (χ0n) is 12.2. The maximum absolute atomic E-state index is 5.23. The van der Waals surface area contributed by atoms with Gasteiger partial charge in [-0.2, -0.15) is 0 Å². The van der Waals surface area contributed by atoms with Crippen LogP contribution < -0.4 is 15.4 Å². The highest BCUT2D eigenvalue weighted by Crippen LogP contribution is 2.24. The Balaban J connectivity index is 1.52. The predicted octanol–water partition coefficient (Wildman–Crippen LogP) is 2.71. The third kappa shape index (κ3) is 4.08. The fourth-order valence-electron chi connectivity index (χ4n) is 2.13. The first-order chi connectivity index (χ1) is 10.3. The molecule has 0 unspecified atom stereocenters. The molecule has 5 nitrogen and oxygen atoms in total. The molecule has 1 aromatic carbocycles. The molecule has 2 N–H and O–H groups in total. The molecular formula is C16H20N4O. The van der Waals surface area contributed by atoms with Crippen LogP contribution in [0.15, 0.2) is 36.7 Å². The lowest BCUT2D eigenvalue weighted by Crippen LogP contribution is -2.08. The first kappa shape index (κ1) is 13.7. The van der Waals surface area contributed by atoms with Gasteiger partial charge >= 0.3 is 0 Å². The highest BCUT2D eigenvalue weighted by atomic mass is 16.5. The van der Waals surface area contributed by atoms with Crippen LogP contribution in [-0.4, -0.2) is 29.7 Å². The lowest BCUT2D eigenvalue weighted by molar-refractivity contribution is 0.414. The van der Waals surface area contributed by atoms with Crippen molar-refractivity contribution in [3.05, 3.63) is 42.2 Å². The predicted molar refractivity (Wildman–Crippen MR) is 83.9 cm³/mol. The molecular weight excluding hydrogens is 264 g/mol. The second kappa shape index (κ2) is 6.43. The average Bonchev–Trinajstić information content (AvgIpc) is 3.32. The van der Waals surface area contributed by atoms with Crippen molar-refractivity contribution in [2.24, 2.45) is 0 Å². The Morgan fingerprint density at radius 3 is 2.86 bits per heavy atom. The fraction of sp³-hybridized carbons (Fsp3) is 0.375. The summed E-state index contributed by atoms with van der Waals surface area (Å²) in [7, 11) is 1.69. The number of methoxy groups -OCH3 is 1. The molecule has 110 valence electrons. The minimum Gasteiger partial charge on any atom is -0.497 e. The summed E-state index contributed by atoms with van der Waals surface area (Å²) in [4.78, 5) is 8.47. The number of ether oxygens (including phenoxy) is 1. The van der Waals surface area contributed by atoms with Crippen molar-refractivity contribution in [2.75, 3.05) is 24.3 Å². The van der Waals surface area contributed by atoms with Gasteiger partial charge in [-0.25, -0.2) is 9.97 Å². The van der Waals surface area contributed by atoms with Crippen LogP contribution in [0.4, 0.5) is 11.6 Å². The quantitative estimate of drug-likeness (QED) is 0.818. The highest BCUT2D eigenvalue weighted by Gasteiger charge is 2.21. The summed E-state index contributed by atoms with van der Waals surface area (Å²) >= 11 is 0. The molecule has 5 heteroatoms. The van der Waals surface area contributed by atoms with Crippen LogP contribution in [0.1, 0.15) is 18.4 Å². The number of hydrogen-bond acceptors (Lipinski definition) is 5. The van der Waals surface area contributed by atoms with Gasteiger partial charge in [-0.15, -0.1) is 0 Å². The topological polar surface area (TPSA) is 59.1 Å². The Bertz CT molecular complexity index is 598. The van der Waals surface area contributed by atoms with E-state index >= 15 is 0 Å². The van der Waals surface area contributed by atoms with Gasteiger partial charge in [0, 0.05) is 18.7 Å². The molecule has 3 rings (SSSR count). The summed E-state index contributed by atoms with van der Waals surface area (Å²) in [5.41, 5.74) is 1.24. The second-order valence-electron chi connectivity index (χ2n) is 5.24. The second-order valence-corrected chi connectivity index (χ2v) is 5.24. The SMILES string of the molecule is COc1cccc(CCNc2cc(NC3CC3)ncn2)c1. The average molecular weight is 284 g/mol. The Morgan fingerprint density at radius 2 is 2.05 bits per heavy atom. The van der Waals surface area contributed by atoms with Gasteiger partial charge in [-0.05, 0) is 37.0 Å². The van der Waals surface area contributed by atoms with E-state index in [1.54, 1.807) is 13.4 Å². The van der Waals surface area contributed by atoms with Crippen molar-refractivity contribution in [2.45, 2.75) is 25.3 Å². The first-order valence-electron chi connectivity index (χ1n) is 7.29. The van der Waals surface area contributed by atoms with E-state index in [2.05, 4.69) is 32.7 Å². The molecule has 0 bridgehead atoms. The molecule has 1 aromatic heterocycles. The van der Waals surface area contributed by atoms with Gasteiger partial charge in [0.25, 0.3) is 0 Å². The van der Waals surface area contributed by atoms with Crippen LogP contribution in [-0.2, 0) is 6.42 Å². The van der Waals surface area contributed by atoms with Crippen molar-refractivity contribution >= 4 is 11.6 Å². The zero-order chi connectivity index (χ0) is 14.5. The molecule has 1 fully saturated rings. The number of aromatic nitrogens is 2. The number of rotatable bonds is 7. The molecule has 0 atom stereocenters. The molecule has 1 heterocycles.